The van der Waals surface area contributed by atoms with Gasteiger partial charge in [0.05, 0.1) is 0 Å². The summed E-state index contributed by atoms with van der Waals surface area (Å²) in [6.07, 6.45) is 4.14. The van der Waals surface area contributed by atoms with Crippen molar-refractivity contribution in [2.45, 2.75) is 13.8 Å². The smallest absolute Gasteiger partial charge is 0.0412 e. The minimum atomic E-state index is 0.753. The van der Waals surface area contributed by atoms with Crippen molar-refractivity contribution < 1.29 is 0 Å². The van der Waals surface area contributed by atoms with E-state index < -0.39 is 0 Å². The summed E-state index contributed by atoms with van der Waals surface area (Å²) >= 11 is 12.0. The molecule has 0 atom stereocenters. The third-order valence-electron chi connectivity index (χ3n) is 2.93. The monoisotopic (exact) mass is 276 g/mol. The maximum Gasteiger partial charge on any atom is 0.0412 e. The van der Waals surface area contributed by atoms with Gasteiger partial charge in [0.2, 0.25) is 0 Å². The molecule has 0 radical (unpaired) electrons. The molecule has 0 saturated heterocycles. The van der Waals surface area contributed by atoms with Gasteiger partial charge in [-0.3, -0.25) is 0 Å². The number of hydrogen-bond acceptors (Lipinski definition) is 0. The summed E-state index contributed by atoms with van der Waals surface area (Å²) in [5.74, 6) is 0. The van der Waals surface area contributed by atoms with Crippen molar-refractivity contribution in [1.82, 2.24) is 0 Å². The number of rotatable bonds is 2. The highest BCUT2D eigenvalue weighted by molar-refractivity contribution is 6.31. The molecule has 0 aliphatic rings. The molecule has 2 aromatic carbocycles. The minimum Gasteiger partial charge on any atom is -0.0843 e. The van der Waals surface area contributed by atoms with Crippen LogP contribution >= 0.6 is 23.2 Å². The van der Waals surface area contributed by atoms with Crippen LogP contribution in [-0.4, -0.2) is 0 Å². The summed E-state index contributed by atoms with van der Waals surface area (Å²) in [5, 5.41) is 1.51. The molecule has 0 fully saturated rings. The van der Waals surface area contributed by atoms with Crippen molar-refractivity contribution in [3.05, 3.63) is 68.7 Å². The minimum absolute atomic E-state index is 0.753. The van der Waals surface area contributed by atoms with Gasteiger partial charge in [-0.25, -0.2) is 0 Å². The van der Waals surface area contributed by atoms with Crippen LogP contribution in [0.1, 0.15) is 22.3 Å². The first-order chi connectivity index (χ1) is 8.56. The zero-order valence-electron chi connectivity index (χ0n) is 10.4. The predicted molar refractivity (Wildman–Crippen MR) is 81.3 cm³/mol. The summed E-state index contributed by atoms with van der Waals surface area (Å²) in [5.41, 5.74) is 4.66. The zero-order chi connectivity index (χ0) is 13.1. The normalized spacial score (nSPS) is 11.1. The van der Waals surface area contributed by atoms with Gasteiger partial charge in [-0.05, 0) is 60.4 Å². The van der Waals surface area contributed by atoms with Gasteiger partial charge in [-0.15, -0.1) is 0 Å². The highest BCUT2D eigenvalue weighted by Gasteiger charge is 1.98. The first kappa shape index (κ1) is 13.2. The average Bonchev–Trinajstić information content (AvgIpc) is 2.34. The Labute approximate surface area is 118 Å². The van der Waals surface area contributed by atoms with Gasteiger partial charge >= 0.3 is 0 Å². The van der Waals surface area contributed by atoms with E-state index in [4.69, 9.17) is 23.2 Å². The van der Waals surface area contributed by atoms with Crippen LogP contribution < -0.4 is 0 Å². The van der Waals surface area contributed by atoms with Crippen LogP contribution in [0, 0.1) is 13.8 Å². The summed E-state index contributed by atoms with van der Waals surface area (Å²) in [4.78, 5) is 0. The van der Waals surface area contributed by atoms with Crippen LogP contribution in [0.25, 0.3) is 12.2 Å². The lowest BCUT2D eigenvalue weighted by Crippen LogP contribution is -1.82. The van der Waals surface area contributed by atoms with E-state index in [1.807, 2.05) is 36.4 Å². The molecule has 2 rings (SSSR count). The Kier molecular flexibility index (Phi) is 4.11. The van der Waals surface area contributed by atoms with Gasteiger partial charge in [0.15, 0.2) is 0 Å². The number of halogens is 2. The van der Waals surface area contributed by atoms with Crippen LogP contribution in [0.15, 0.2) is 36.4 Å². The second-order valence-electron chi connectivity index (χ2n) is 4.34. The first-order valence-corrected chi connectivity index (χ1v) is 6.52. The second-order valence-corrected chi connectivity index (χ2v) is 5.21. The molecule has 2 heteroatoms. The van der Waals surface area contributed by atoms with Gasteiger partial charge in [-0.1, -0.05) is 47.5 Å². The van der Waals surface area contributed by atoms with Crippen molar-refractivity contribution in [3.8, 4) is 0 Å². The molecule has 2 aromatic rings. The topological polar surface area (TPSA) is 0 Å². The van der Waals surface area contributed by atoms with Gasteiger partial charge < -0.3 is 0 Å². The summed E-state index contributed by atoms with van der Waals surface area (Å²) in [6.45, 7) is 4.14. The van der Waals surface area contributed by atoms with Crippen LogP contribution in [-0.2, 0) is 0 Å². The highest BCUT2D eigenvalue weighted by atomic mass is 35.5. The van der Waals surface area contributed by atoms with E-state index in [1.165, 1.54) is 11.1 Å². The molecule has 0 unspecified atom stereocenters. The molecule has 92 valence electrons. The molecule has 0 aromatic heterocycles. The fourth-order valence-electron chi connectivity index (χ4n) is 1.76. The maximum absolute atomic E-state index is 6.00. The lowest BCUT2D eigenvalue weighted by Gasteiger charge is -2.03. The van der Waals surface area contributed by atoms with E-state index in [2.05, 4.69) is 26.0 Å². The van der Waals surface area contributed by atoms with E-state index in [-0.39, 0.29) is 0 Å². The van der Waals surface area contributed by atoms with Crippen molar-refractivity contribution in [1.29, 1.82) is 0 Å². The zero-order valence-corrected chi connectivity index (χ0v) is 11.9. The molecular weight excluding hydrogens is 263 g/mol. The summed E-state index contributed by atoms with van der Waals surface area (Å²) in [6, 6.07) is 11.8. The largest absolute Gasteiger partial charge is 0.0843 e. The predicted octanol–water partition coefficient (Wildman–Crippen LogP) is 5.78. The Hall–Kier alpha value is -1.24. The Balaban J connectivity index is 2.35. The Morgan fingerprint density at radius 3 is 1.50 bits per heavy atom. The molecule has 18 heavy (non-hydrogen) atoms. The standard InChI is InChI=1S/C16H14Cl2/c1-11-3-7-15(17)9-13(11)5-6-14-10-16(18)8-4-12(14)2/h3-10H,1-2H3/b6-5-. The van der Waals surface area contributed by atoms with E-state index in [0.717, 1.165) is 21.2 Å². The Morgan fingerprint density at radius 2 is 1.11 bits per heavy atom. The highest BCUT2D eigenvalue weighted by Crippen LogP contribution is 2.21. The molecule has 0 spiro atoms. The maximum atomic E-state index is 6.00. The molecular formula is C16H14Cl2. The van der Waals surface area contributed by atoms with Crippen molar-refractivity contribution in [2.75, 3.05) is 0 Å². The lowest BCUT2D eigenvalue weighted by atomic mass is 10.0. The average molecular weight is 277 g/mol. The van der Waals surface area contributed by atoms with E-state index >= 15 is 0 Å². The third-order valence-corrected chi connectivity index (χ3v) is 3.40. The van der Waals surface area contributed by atoms with Crippen LogP contribution in [0.2, 0.25) is 10.0 Å². The van der Waals surface area contributed by atoms with Crippen molar-refractivity contribution >= 4 is 35.4 Å². The molecule has 0 aliphatic carbocycles. The van der Waals surface area contributed by atoms with Crippen LogP contribution in [0.5, 0.6) is 0 Å². The molecule has 0 nitrogen and oxygen atoms in total. The molecule has 0 heterocycles. The fourth-order valence-corrected chi connectivity index (χ4v) is 2.12. The van der Waals surface area contributed by atoms with E-state index in [1.54, 1.807) is 0 Å². The molecule has 0 aliphatic heterocycles. The van der Waals surface area contributed by atoms with Gasteiger partial charge in [0.1, 0.15) is 0 Å². The fraction of sp³-hybridized carbons (Fsp3) is 0.125. The van der Waals surface area contributed by atoms with Gasteiger partial charge in [0, 0.05) is 10.0 Å². The van der Waals surface area contributed by atoms with Crippen molar-refractivity contribution in [2.24, 2.45) is 0 Å². The molecule has 0 N–H and O–H groups in total. The van der Waals surface area contributed by atoms with Crippen molar-refractivity contribution in [3.63, 3.8) is 0 Å². The Morgan fingerprint density at radius 1 is 0.722 bits per heavy atom. The Bertz CT molecular complexity index is 545. The third kappa shape index (κ3) is 3.16. The van der Waals surface area contributed by atoms with Gasteiger partial charge in [0.25, 0.3) is 0 Å². The van der Waals surface area contributed by atoms with E-state index in [9.17, 15) is 0 Å². The number of aryl methyl sites for hydroxylation is 2. The first-order valence-electron chi connectivity index (χ1n) is 5.76. The number of hydrogen-bond donors (Lipinski definition) is 0. The van der Waals surface area contributed by atoms with Crippen LogP contribution in [0.3, 0.4) is 0 Å². The second kappa shape index (κ2) is 5.60. The molecule has 0 amide bonds. The number of benzene rings is 2. The quantitative estimate of drug-likeness (QED) is 0.610. The summed E-state index contributed by atoms with van der Waals surface area (Å²) < 4.78 is 0. The molecule has 0 saturated carbocycles. The molecule has 0 bridgehead atoms. The van der Waals surface area contributed by atoms with Crippen LogP contribution in [0.4, 0.5) is 0 Å². The summed E-state index contributed by atoms with van der Waals surface area (Å²) in [7, 11) is 0. The SMILES string of the molecule is Cc1ccc(Cl)cc1/C=C\c1cc(Cl)ccc1C. The van der Waals surface area contributed by atoms with Gasteiger partial charge in [-0.2, -0.15) is 0 Å². The van der Waals surface area contributed by atoms with E-state index in [0.29, 0.717) is 0 Å². The lowest BCUT2D eigenvalue weighted by molar-refractivity contribution is 1.43.